The van der Waals surface area contributed by atoms with Gasteiger partial charge in [0.05, 0.1) is 28.7 Å². The Kier molecular flexibility index (Phi) is 5.02. The molecule has 0 amide bonds. The SMILES string of the molecule is CCn1c(=O)n(CC)c2cc(-c3c(-c4cccc(C)c4)ncn3C3CCNC3)ccc21. The Labute approximate surface area is 182 Å². The molecule has 2 aromatic carbocycles. The maximum atomic E-state index is 12.9. The molecule has 6 nitrogen and oxygen atoms in total. The highest BCUT2D eigenvalue weighted by Gasteiger charge is 2.24. The first kappa shape index (κ1) is 19.8. The van der Waals surface area contributed by atoms with E-state index in [1.807, 2.05) is 29.3 Å². The largest absolute Gasteiger partial charge is 0.329 e. The molecule has 0 spiro atoms. The Balaban J connectivity index is 1.76. The van der Waals surface area contributed by atoms with Crippen molar-refractivity contribution in [2.24, 2.45) is 0 Å². The third kappa shape index (κ3) is 3.22. The van der Waals surface area contributed by atoms with Crippen LogP contribution < -0.4 is 11.0 Å². The van der Waals surface area contributed by atoms with Crippen molar-refractivity contribution in [2.45, 2.75) is 46.3 Å². The van der Waals surface area contributed by atoms with Gasteiger partial charge in [0.2, 0.25) is 0 Å². The summed E-state index contributed by atoms with van der Waals surface area (Å²) in [6.07, 6.45) is 3.07. The van der Waals surface area contributed by atoms with Gasteiger partial charge in [-0.25, -0.2) is 9.78 Å². The van der Waals surface area contributed by atoms with Gasteiger partial charge in [-0.05, 0) is 51.9 Å². The highest BCUT2D eigenvalue weighted by Crippen LogP contribution is 2.36. The molecule has 0 aliphatic carbocycles. The van der Waals surface area contributed by atoms with Crippen LogP contribution >= 0.6 is 0 Å². The van der Waals surface area contributed by atoms with Gasteiger partial charge < -0.3 is 9.88 Å². The highest BCUT2D eigenvalue weighted by molar-refractivity contribution is 5.86. The topological polar surface area (TPSA) is 56.8 Å². The Morgan fingerprint density at radius 1 is 1.03 bits per heavy atom. The van der Waals surface area contributed by atoms with E-state index >= 15 is 0 Å². The van der Waals surface area contributed by atoms with Crippen LogP contribution in [0.5, 0.6) is 0 Å². The van der Waals surface area contributed by atoms with E-state index in [2.05, 4.69) is 59.3 Å². The molecule has 1 aliphatic heterocycles. The van der Waals surface area contributed by atoms with Crippen LogP contribution in [-0.4, -0.2) is 31.8 Å². The van der Waals surface area contributed by atoms with Crippen molar-refractivity contribution in [1.82, 2.24) is 24.0 Å². The van der Waals surface area contributed by atoms with Crippen molar-refractivity contribution in [3.8, 4) is 22.5 Å². The van der Waals surface area contributed by atoms with Gasteiger partial charge >= 0.3 is 5.69 Å². The zero-order chi connectivity index (χ0) is 21.5. The van der Waals surface area contributed by atoms with E-state index in [4.69, 9.17) is 4.98 Å². The molecule has 1 fully saturated rings. The fourth-order valence-corrected chi connectivity index (χ4v) is 4.88. The molecule has 0 bridgehead atoms. The van der Waals surface area contributed by atoms with Gasteiger partial charge in [0.1, 0.15) is 0 Å². The summed E-state index contributed by atoms with van der Waals surface area (Å²) in [5.41, 5.74) is 7.60. The first-order valence-electron chi connectivity index (χ1n) is 11.2. The molecule has 1 N–H and O–H groups in total. The number of nitrogens with one attached hydrogen (secondary N) is 1. The van der Waals surface area contributed by atoms with Crippen LogP contribution in [-0.2, 0) is 13.1 Å². The van der Waals surface area contributed by atoms with E-state index in [-0.39, 0.29) is 5.69 Å². The van der Waals surface area contributed by atoms with Crippen LogP contribution in [0.4, 0.5) is 0 Å². The van der Waals surface area contributed by atoms with Crippen LogP contribution in [0, 0.1) is 6.92 Å². The third-order valence-corrected chi connectivity index (χ3v) is 6.44. The smallest absolute Gasteiger partial charge is 0.326 e. The molecule has 1 unspecified atom stereocenters. The predicted octanol–water partition coefficient (Wildman–Crippen LogP) is 4.22. The molecule has 5 rings (SSSR count). The monoisotopic (exact) mass is 415 g/mol. The fraction of sp³-hybridized carbons (Fsp3) is 0.360. The second-order valence-corrected chi connectivity index (χ2v) is 8.34. The summed E-state index contributed by atoms with van der Waals surface area (Å²) in [6.45, 7) is 9.46. The van der Waals surface area contributed by atoms with Crippen molar-refractivity contribution >= 4 is 11.0 Å². The Bertz CT molecular complexity index is 1300. The number of aromatic nitrogens is 4. The Hall–Kier alpha value is -3.12. The lowest BCUT2D eigenvalue weighted by atomic mass is 10.0. The average molecular weight is 416 g/mol. The number of aryl methyl sites for hydroxylation is 3. The molecule has 6 heteroatoms. The van der Waals surface area contributed by atoms with Crippen LogP contribution in [0.2, 0.25) is 0 Å². The molecule has 2 aromatic heterocycles. The van der Waals surface area contributed by atoms with Gasteiger partial charge in [0.25, 0.3) is 0 Å². The van der Waals surface area contributed by atoms with Crippen molar-refractivity contribution < 1.29 is 0 Å². The van der Waals surface area contributed by atoms with Crippen molar-refractivity contribution in [3.63, 3.8) is 0 Å². The number of fused-ring (bicyclic) bond motifs is 1. The maximum absolute atomic E-state index is 12.9. The molecular formula is C25H29N5O. The van der Waals surface area contributed by atoms with E-state index < -0.39 is 0 Å². The van der Waals surface area contributed by atoms with E-state index in [0.717, 1.165) is 53.1 Å². The van der Waals surface area contributed by atoms with Crippen molar-refractivity contribution in [2.75, 3.05) is 13.1 Å². The molecule has 31 heavy (non-hydrogen) atoms. The minimum atomic E-state index is 0.0598. The minimum absolute atomic E-state index is 0.0598. The first-order chi connectivity index (χ1) is 15.1. The van der Waals surface area contributed by atoms with E-state index in [9.17, 15) is 4.79 Å². The number of benzene rings is 2. The van der Waals surface area contributed by atoms with Gasteiger partial charge in [0, 0.05) is 36.8 Å². The fourth-order valence-electron chi connectivity index (χ4n) is 4.88. The summed E-state index contributed by atoms with van der Waals surface area (Å²) in [5, 5.41) is 3.48. The molecule has 0 saturated carbocycles. The lowest BCUT2D eigenvalue weighted by Crippen LogP contribution is -2.23. The van der Waals surface area contributed by atoms with Crippen LogP contribution in [0.15, 0.2) is 53.6 Å². The van der Waals surface area contributed by atoms with Gasteiger partial charge in [0.15, 0.2) is 0 Å². The first-order valence-corrected chi connectivity index (χ1v) is 11.2. The standard InChI is InChI=1S/C25H29N5O/c1-4-28-21-10-9-19(14-22(21)29(5-2)25(28)31)24-23(18-8-6-7-17(3)13-18)27-16-30(24)20-11-12-26-15-20/h6-10,13-14,16,20,26H,4-5,11-12,15H2,1-3H3. The molecule has 0 radical (unpaired) electrons. The lowest BCUT2D eigenvalue weighted by molar-refractivity contribution is 0.551. The second-order valence-electron chi connectivity index (χ2n) is 8.34. The second kappa shape index (κ2) is 7.85. The van der Waals surface area contributed by atoms with Gasteiger partial charge in [-0.1, -0.05) is 29.8 Å². The van der Waals surface area contributed by atoms with E-state index in [0.29, 0.717) is 19.1 Å². The van der Waals surface area contributed by atoms with Crippen LogP contribution in [0.3, 0.4) is 0 Å². The van der Waals surface area contributed by atoms with Crippen LogP contribution in [0.25, 0.3) is 33.5 Å². The van der Waals surface area contributed by atoms with Crippen LogP contribution in [0.1, 0.15) is 31.9 Å². The summed E-state index contributed by atoms with van der Waals surface area (Å²) in [6, 6.07) is 15.3. The number of nitrogens with zero attached hydrogens (tertiary/aromatic N) is 4. The maximum Gasteiger partial charge on any atom is 0.329 e. The summed E-state index contributed by atoms with van der Waals surface area (Å²) in [5.74, 6) is 0. The van der Waals surface area contributed by atoms with Gasteiger partial charge in [-0.3, -0.25) is 9.13 Å². The summed E-state index contributed by atoms with van der Waals surface area (Å²) >= 11 is 0. The number of imidazole rings is 2. The molecule has 1 aliphatic rings. The normalized spacial score (nSPS) is 16.4. The molecule has 4 aromatic rings. The molecule has 1 saturated heterocycles. The number of hydrogen-bond acceptors (Lipinski definition) is 3. The lowest BCUT2D eigenvalue weighted by Gasteiger charge is -2.16. The molecule has 3 heterocycles. The Morgan fingerprint density at radius 2 is 1.84 bits per heavy atom. The highest BCUT2D eigenvalue weighted by atomic mass is 16.1. The van der Waals surface area contributed by atoms with Crippen molar-refractivity contribution in [1.29, 1.82) is 0 Å². The third-order valence-electron chi connectivity index (χ3n) is 6.44. The number of hydrogen-bond donors (Lipinski definition) is 1. The summed E-state index contributed by atoms with van der Waals surface area (Å²) in [7, 11) is 0. The zero-order valence-corrected chi connectivity index (χ0v) is 18.4. The minimum Gasteiger partial charge on any atom is -0.326 e. The predicted molar refractivity (Wildman–Crippen MR) is 125 cm³/mol. The Morgan fingerprint density at radius 3 is 2.55 bits per heavy atom. The molecule has 160 valence electrons. The molecular weight excluding hydrogens is 386 g/mol. The summed E-state index contributed by atoms with van der Waals surface area (Å²) < 4.78 is 6.04. The van der Waals surface area contributed by atoms with E-state index in [1.54, 1.807) is 0 Å². The van der Waals surface area contributed by atoms with Crippen molar-refractivity contribution in [3.05, 3.63) is 64.8 Å². The zero-order valence-electron chi connectivity index (χ0n) is 18.4. The number of rotatable bonds is 5. The quantitative estimate of drug-likeness (QED) is 0.531. The molecule has 1 atom stereocenters. The van der Waals surface area contributed by atoms with E-state index in [1.165, 1.54) is 5.56 Å². The van der Waals surface area contributed by atoms with Gasteiger partial charge in [-0.2, -0.15) is 0 Å². The summed E-state index contributed by atoms with van der Waals surface area (Å²) in [4.78, 5) is 17.7. The average Bonchev–Trinajstić information content (AvgIpc) is 3.50. The van der Waals surface area contributed by atoms with Gasteiger partial charge in [-0.15, -0.1) is 0 Å².